The van der Waals surface area contributed by atoms with E-state index in [-0.39, 0.29) is 5.82 Å². The van der Waals surface area contributed by atoms with Crippen LogP contribution in [0.5, 0.6) is 0 Å². The maximum Gasteiger partial charge on any atom is 0.139 e. The van der Waals surface area contributed by atoms with Gasteiger partial charge in [-0.25, -0.2) is 4.39 Å². The summed E-state index contributed by atoms with van der Waals surface area (Å²) in [5.41, 5.74) is 2.53. The van der Waals surface area contributed by atoms with E-state index in [1.807, 2.05) is 36.4 Å². The molecule has 0 N–H and O–H groups in total. The van der Waals surface area contributed by atoms with E-state index in [0.717, 1.165) is 17.0 Å². The standard InChI is InChI=1S/C21H21F/c1-16-7-10-18(11-8-16)20-14-13-19(21(22)15-20)12-9-17-5-3-2-4-6-17/h2-6,13-16,18H,7-8,10-11H2,1H3. The Morgan fingerprint density at radius 3 is 2.32 bits per heavy atom. The normalized spacial score (nSPS) is 21.0. The molecule has 0 atom stereocenters. The summed E-state index contributed by atoms with van der Waals surface area (Å²) < 4.78 is 14.3. The third-order valence-electron chi connectivity index (χ3n) is 4.60. The summed E-state index contributed by atoms with van der Waals surface area (Å²) in [6.45, 7) is 2.30. The smallest absolute Gasteiger partial charge is 0.139 e. The van der Waals surface area contributed by atoms with Crippen LogP contribution in [0.4, 0.5) is 4.39 Å². The van der Waals surface area contributed by atoms with Gasteiger partial charge >= 0.3 is 0 Å². The fraction of sp³-hybridized carbons (Fsp3) is 0.333. The molecule has 0 spiro atoms. The van der Waals surface area contributed by atoms with E-state index in [4.69, 9.17) is 0 Å². The van der Waals surface area contributed by atoms with Gasteiger partial charge in [-0.1, -0.05) is 55.9 Å². The van der Waals surface area contributed by atoms with E-state index in [1.165, 1.54) is 25.7 Å². The molecule has 2 aromatic rings. The molecule has 0 saturated heterocycles. The predicted octanol–water partition coefficient (Wildman–Crippen LogP) is 5.52. The highest BCUT2D eigenvalue weighted by molar-refractivity contribution is 5.44. The molecule has 0 unspecified atom stereocenters. The van der Waals surface area contributed by atoms with Gasteiger partial charge in [-0.2, -0.15) is 0 Å². The Bertz CT molecular complexity index is 683. The average Bonchev–Trinajstić information content (AvgIpc) is 2.55. The SMILES string of the molecule is CC1CCC(c2ccc(C#Cc3ccccc3)c(F)c2)CC1. The predicted molar refractivity (Wildman–Crippen MR) is 89.2 cm³/mol. The van der Waals surface area contributed by atoms with Crippen molar-refractivity contribution in [2.24, 2.45) is 5.92 Å². The Labute approximate surface area is 132 Å². The number of hydrogen-bond donors (Lipinski definition) is 0. The van der Waals surface area contributed by atoms with Crippen LogP contribution >= 0.6 is 0 Å². The van der Waals surface area contributed by atoms with Gasteiger partial charge in [-0.15, -0.1) is 0 Å². The Hall–Kier alpha value is -2.07. The Morgan fingerprint density at radius 1 is 0.909 bits per heavy atom. The summed E-state index contributed by atoms with van der Waals surface area (Å²) in [4.78, 5) is 0. The highest BCUT2D eigenvalue weighted by Gasteiger charge is 2.20. The first-order valence-corrected chi connectivity index (χ1v) is 8.09. The van der Waals surface area contributed by atoms with Crippen LogP contribution in [0, 0.1) is 23.6 Å². The molecule has 0 aromatic heterocycles. The summed E-state index contributed by atoms with van der Waals surface area (Å²) in [7, 11) is 0. The molecular formula is C21H21F. The molecule has 1 aliphatic carbocycles. The number of hydrogen-bond acceptors (Lipinski definition) is 0. The Morgan fingerprint density at radius 2 is 1.64 bits per heavy atom. The molecule has 22 heavy (non-hydrogen) atoms. The molecule has 1 saturated carbocycles. The van der Waals surface area contributed by atoms with Crippen molar-refractivity contribution in [3.63, 3.8) is 0 Å². The van der Waals surface area contributed by atoms with Crippen molar-refractivity contribution in [1.82, 2.24) is 0 Å². The lowest BCUT2D eigenvalue weighted by molar-refractivity contribution is 0.347. The molecule has 1 fully saturated rings. The van der Waals surface area contributed by atoms with Crippen molar-refractivity contribution < 1.29 is 4.39 Å². The van der Waals surface area contributed by atoms with Crippen LogP contribution in [0.25, 0.3) is 0 Å². The molecule has 3 rings (SSSR count). The van der Waals surface area contributed by atoms with Crippen LogP contribution < -0.4 is 0 Å². The van der Waals surface area contributed by atoms with Gasteiger partial charge in [0.2, 0.25) is 0 Å². The van der Waals surface area contributed by atoms with E-state index in [2.05, 4.69) is 24.8 Å². The zero-order valence-corrected chi connectivity index (χ0v) is 13.0. The molecule has 1 heteroatoms. The lowest BCUT2D eigenvalue weighted by Crippen LogP contribution is -2.11. The number of rotatable bonds is 1. The van der Waals surface area contributed by atoms with Crippen LogP contribution in [-0.2, 0) is 0 Å². The highest BCUT2D eigenvalue weighted by atomic mass is 19.1. The van der Waals surface area contributed by atoms with Gasteiger partial charge in [0.15, 0.2) is 0 Å². The van der Waals surface area contributed by atoms with Crippen LogP contribution in [0.2, 0.25) is 0 Å². The minimum Gasteiger partial charge on any atom is -0.206 e. The summed E-state index contributed by atoms with van der Waals surface area (Å²) in [5, 5.41) is 0. The average molecular weight is 292 g/mol. The molecule has 1 aliphatic rings. The topological polar surface area (TPSA) is 0 Å². The maximum absolute atomic E-state index is 14.3. The van der Waals surface area contributed by atoms with Gasteiger partial charge in [0.05, 0.1) is 5.56 Å². The minimum atomic E-state index is -0.195. The van der Waals surface area contributed by atoms with Crippen molar-refractivity contribution in [3.05, 3.63) is 71.0 Å². The zero-order valence-electron chi connectivity index (χ0n) is 13.0. The molecule has 0 bridgehead atoms. The van der Waals surface area contributed by atoms with E-state index < -0.39 is 0 Å². The van der Waals surface area contributed by atoms with E-state index in [1.54, 1.807) is 6.07 Å². The second-order valence-electron chi connectivity index (χ2n) is 6.31. The minimum absolute atomic E-state index is 0.195. The van der Waals surface area contributed by atoms with Gasteiger partial charge in [0.1, 0.15) is 5.82 Å². The highest BCUT2D eigenvalue weighted by Crippen LogP contribution is 2.35. The van der Waals surface area contributed by atoms with Gasteiger partial charge in [0, 0.05) is 5.56 Å². The lowest BCUT2D eigenvalue weighted by Gasteiger charge is -2.26. The first-order valence-electron chi connectivity index (χ1n) is 8.09. The molecule has 0 nitrogen and oxygen atoms in total. The van der Waals surface area contributed by atoms with Crippen molar-refractivity contribution >= 4 is 0 Å². The third-order valence-corrected chi connectivity index (χ3v) is 4.60. The van der Waals surface area contributed by atoms with Gasteiger partial charge in [-0.3, -0.25) is 0 Å². The van der Waals surface area contributed by atoms with Crippen molar-refractivity contribution in [2.45, 2.75) is 38.5 Å². The fourth-order valence-electron chi connectivity index (χ4n) is 3.14. The summed E-state index contributed by atoms with van der Waals surface area (Å²) in [6.07, 6.45) is 4.86. The van der Waals surface area contributed by atoms with E-state index >= 15 is 0 Å². The van der Waals surface area contributed by atoms with Crippen molar-refractivity contribution in [2.75, 3.05) is 0 Å². The largest absolute Gasteiger partial charge is 0.206 e. The first kappa shape index (κ1) is 14.9. The molecule has 2 aromatic carbocycles. The molecular weight excluding hydrogens is 271 g/mol. The molecule has 0 heterocycles. The second-order valence-corrected chi connectivity index (χ2v) is 6.31. The van der Waals surface area contributed by atoms with Gasteiger partial charge in [0.25, 0.3) is 0 Å². The fourth-order valence-corrected chi connectivity index (χ4v) is 3.14. The Kier molecular flexibility index (Phi) is 4.59. The summed E-state index contributed by atoms with van der Waals surface area (Å²) in [5.74, 6) is 7.10. The van der Waals surface area contributed by atoms with Gasteiger partial charge < -0.3 is 0 Å². The molecule has 0 radical (unpaired) electrons. The molecule has 112 valence electrons. The van der Waals surface area contributed by atoms with Crippen molar-refractivity contribution in [3.8, 4) is 11.8 Å². The number of halogens is 1. The summed E-state index contributed by atoms with van der Waals surface area (Å²) >= 11 is 0. The first-order chi connectivity index (χ1) is 10.7. The van der Waals surface area contributed by atoms with Gasteiger partial charge in [-0.05, 0) is 54.5 Å². The maximum atomic E-state index is 14.3. The monoisotopic (exact) mass is 292 g/mol. The number of benzene rings is 2. The van der Waals surface area contributed by atoms with E-state index in [0.29, 0.717) is 11.5 Å². The van der Waals surface area contributed by atoms with Crippen LogP contribution in [-0.4, -0.2) is 0 Å². The second kappa shape index (κ2) is 6.79. The zero-order chi connectivity index (χ0) is 15.4. The van der Waals surface area contributed by atoms with E-state index in [9.17, 15) is 4.39 Å². The quantitative estimate of drug-likeness (QED) is 0.607. The van der Waals surface area contributed by atoms with Crippen LogP contribution in [0.15, 0.2) is 48.5 Å². The molecule has 0 aliphatic heterocycles. The van der Waals surface area contributed by atoms with Crippen LogP contribution in [0.3, 0.4) is 0 Å². The summed E-state index contributed by atoms with van der Waals surface area (Å²) in [6, 6.07) is 15.3. The Balaban J connectivity index is 1.77. The molecule has 0 amide bonds. The van der Waals surface area contributed by atoms with Crippen LogP contribution in [0.1, 0.15) is 55.2 Å². The lowest BCUT2D eigenvalue weighted by atomic mass is 9.79. The third kappa shape index (κ3) is 3.57. The van der Waals surface area contributed by atoms with Crippen molar-refractivity contribution in [1.29, 1.82) is 0 Å².